The van der Waals surface area contributed by atoms with Crippen molar-refractivity contribution in [1.82, 2.24) is 15.5 Å². The Labute approximate surface area is 115 Å². The fraction of sp³-hybridized carbons (Fsp3) is 0.308. The van der Waals surface area contributed by atoms with E-state index in [4.69, 9.17) is 9.15 Å². The lowest BCUT2D eigenvalue weighted by Gasteiger charge is -1.99. The first kappa shape index (κ1) is 14.1. The number of halogens is 1. The smallest absolute Gasteiger partial charge is 0.308 e. The average Bonchev–Trinajstić information content (AvgIpc) is 2.90. The van der Waals surface area contributed by atoms with Crippen molar-refractivity contribution >= 4 is 5.91 Å². The summed E-state index contributed by atoms with van der Waals surface area (Å²) in [5, 5.41) is 10.0. The highest BCUT2D eigenvalue weighted by atomic mass is 19.1. The van der Waals surface area contributed by atoms with Crippen molar-refractivity contribution in [3.05, 3.63) is 47.4 Å². The second-order valence-electron chi connectivity index (χ2n) is 4.05. The summed E-state index contributed by atoms with van der Waals surface area (Å²) in [5.41, 5.74) is 0.821. The molecule has 0 atom stereocenters. The van der Waals surface area contributed by atoms with Crippen LogP contribution in [0.15, 0.2) is 28.7 Å². The molecule has 0 saturated heterocycles. The summed E-state index contributed by atoms with van der Waals surface area (Å²) in [5.74, 6) is -0.552. The molecule has 0 aliphatic carbocycles. The average molecular weight is 279 g/mol. The second-order valence-corrected chi connectivity index (χ2v) is 4.05. The van der Waals surface area contributed by atoms with E-state index < -0.39 is 5.91 Å². The fourth-order valence-electron chi connectivity index (χ4n) is 1.54. The van der Waals surface area contributed by atoms with Crippen molar-refractivity contribution in [3.63, 3.8) is 0 Å². The zero-order valence-electron chi connectivity index (χ0n) is 10.9. The van der Waals surface area contributed by atoms with Gasteiger partial charge in [-0.25, -0.2) is 4.39 Å². The second kappa shape index (κ2) is 6.76. The Hall–Kier alpha value is -2.28. The molecular formula is C13H14FN3O3. The van der Waals surface area contributed by atoms with Gasteiger partial charge in [-0.2, -0.15) is 0 Å². The summed E-state index contributed by atoms with van der Waals surface area (Å²) in [6.45, 7) is 0.771. The number of amides is 1. The zero-order valence-corrected chi connectivity index (χ0v) is 10.9. The minimum absolute atomic E-state index is 0.0989. The lowest BCUT2D eigenvalue weighted by Crippen LogP contribution is -2.27. The molecule has 1 aromatic heterocycles. The molecule has 20 heavy (non-hydrogen) atoms. The maximum Gasteiger partial charge on any atom is 0.308 e. The molecule has 2 rings (SSSR count). The molecule has 0 bridgehead atoms. The third kappa shape index (κ3) is 3.86. The summed E-state index contributed by atoms with van der Waals surface area (Å²) in [4.78, 5) is 11.6. The molecule has 0 aliphatic rings. The predicted molar refractivity (Wildman–Crippen MR) is 67.7 cm³/mol. The fourth-order valence-corrected chi connectivity index (χ4v) is 1.54. The van der Waals surface area contributed by atoms with Gasteiger partial charge in [-0.1, -0.05) is 12.1 Å². The Bertz CT molecular complexity index is 568. The van der Waals surface area contributed by atoms with E-state index >= 15 is 0 Å². The number of methoxy groups -OCH3 is 1. The molecule has 0 radical (unpaired) electrons. The van der Waals surface area contributed by atoms with E-state index in [0.717, 1.165) is 5.56 Å². The summed E-state index contributed by atoms with van der Waals surface area (Å²) in [6.07, 6.45) is 0.346. The number of benzene rings is 1. The van der Waals surface area contributed by atoms with Crippen molar-refractivity contribution in [2.75, 3.05) is 20.3 Å². The number of ether oxygens (including phenoxy) is 1. The first-order chi connectivity index (χ1) is 9.69. The Balaban J connectivity index is 1.94. The molecule has 1 heterocycles. The molecule has 7 heteroatoms. The molecule has 0 fully saturated rings. The van der Waals surface area contributed by atoms with Crippen LogP contribution in [-0.2, 0) is 11.2 Å². The lowest BCUT2D eigenvalue weighted by molar-refractivity contribution is 0.0901. The van der Waals surface area contributed by atoms with Crippen LogP contribution in [-0.4, -0.2) is 36.4 Å². The van der Waals surface area contributed by atoms with Crippen LogP contribution >= 0.6 is 0 Å². The van der Waals surface area contributed by atoms with E-state index in [1.54, 1.807) is 19.2 Å². The van der Waals surface area contributed by atoms with Gasteiger partial charge < -0.3 is 14.5 Å². The van der Waals surface area contributed by atoms with Gasteiger partial charge in [0.25, 0.3) is 0 Å². The van der Waals surface area contributed by atoms with Crippen molar-refractivity contribution in [2.24, 2.45) is 0 Å². The van der Waals surface area contributed by atoms with Gasteiger partial charge in [0.15, 0.2) is 0 Å². The van der Waals surface area contributed by atoms with Crippen molar-refractivity contribution < 1.29 is 18.3 Å². The molecule has 1 N–H and O–H groups in total. The molecule has 1 aromatic carbocycles. The van der Waals surface area contributed by atoms with Crippen LogP contribution in [0, 0.1) is 5.82 Å². The van der Waals surface area contributed by atoms with Gasteiger partial charge in [-0.3, -0.25) is 4.79 Å². The van der Waals surface area contributed by atoms with Crippen LogP contribution in [0.3, 0.4) is 0 Å². The van der Waals surface area contributed by atoms with Gasteiger partial charge >= 0.3 is 11.8 Å². The monoisotopic (exact) mass is 279 g/mol. The van der Waals surface area contributed by atoms with Gasteiger partial charge in [0.2, 0.25) is 5.89 Å². The Morgan fingerprint density at radius 2 is 2.10 bits per heavy atom. The quantitative estimate of drug-likeness (QED) is 0.803. The van der Waals surface area contributed by atoms with Gasteiger partial charge in [0.1, 0.15) is 5.82 Å². The molecule has 2 aromatic rings. The molecule has 0 spiro atoms. The molecular weight excluding hydrogens is 265 g/mol. The highest BCUT2D eigenvalue weighted by Gasteiger charge is 2.14. The zero-order chi connectivity index (χ0) is 14.4. The Kier molecular flexibility index (Phi) is 4.78. The van der Waals surface area contributed by atoms with Gasteiger partial charge in [-0.15, -0.1) is 10.2 Å². The largest absolute Gasteiger partial charge is 0.417 e. The standard InChI is InChI=1S/C13H14FN3O3/c1-19-7-6-15-12(18)13-17-16-11(20-13)8-9-2-4-10(14)5-3-9/h2-5H,6-8H2,1H3,(H,15,18). The van der Waals surface area contributed by atoms with Crippen LogP contribution < -0.4 is 5.32 Å². The Morgan fingerprint density at radius 1 is 1.35 bits per heavy atom. The third-order valence-electron chi connectivity index (χ3n) is 2.52. The summed E-state index contributed by atoms with van der Waals surface area (Å²) in [7, 11) is 1.54. The van der Waals surface area contributed by atoms with E-state index in [-0.39, 0.29) is 11.7 Å². The first-order valence-corrected chi connectivity index (χ1v) is 6.03. The highest BCUT2D eigenvalue weighted by molar-refractivity contribution is 5.89. The maximum atomic E-state index is 12.8. The van der Waals surface area contributed by atoms with E-state index in [2.05, 4.69) is 15.5 Å². The van der Waals surface area contributed by atoms with Crippen molar-refractivity contribution in [2.45, 2.75) is 6.42 Å². The molecule has 0 aliphatic heterocycles. The van der Waals surface area contributed by atoms with Gasteiger partial charge in [0.05, 0.1) is 13.0 Å². The number of rotatable bonds is 6. The van der Waals surface area contributed by atoms with Crippen LogP contribution in [0.2, 0.25) is 0 Å². The minimum atomic E-state index is -0.445. The van der Waals surface area contributed by atoms with Crippen LogP contribution in [0.25, 0.3) is 0 Å². The number of carbonyl (C=O) groups is 1. The molecule has 0 saturated carbocycles. The maximum absolute atomic E-state index is 12.8. The number of aromatic nitrogens is 2. The van der Waals surface area contributed by atoms with E-state index in [9.17, 15) is 9.18 Å². The first-order valence-electron chi connectivity index (χ1n) is 6.03. The SMILES string of the molecule is COCCNC(=O)c1nnc(Cc2ccc(F)cc2)o1. The normalized spacial score (nSPS) is 10.5. The van der Waals surface area contributed by atoms with E-state index in [1.165, 1.54) is 12.1 Å². The number of hydrogen-bond donors (Lipinski definition) is 1. The minimum Gasteiger partial charge on any atom is -0.417 e. The predicted octanol–water partition coefficient (Wildman–Crippen LogP) is 1.18. The molecule has 106 valence electrons. The van der Waals surface area contributed by atoms with Crippen LogP contribution in [0.5, 0.6) is 0 Å². The topological polar surface area (TPSA) is 77.2 Å². The number of carbonyl (C=O) groups excluding carboxylic acids is 1. The number of nitrogens with zero attached hydrogens (tertiary/aromatic N) is 2. The van der Waals surface area contributed by atoms with Gasteiger partial charge in [-0.05, 0) is 17.7 Å². The summed E-state index contributed by atoms with van der Waals surface area (Å²) in [6, 6.07) is 5.95. The van der Waals surface area contributed by atoms with Crippen molar-refractivity contribution in [1.29, 1.82) is 0 Å². The third-order valence-corrected chi connectivity index (χ3v) is 2.52. The van der Waals surface area contributed by atoms with Gasteiger partial charge in [0, 0.05) is 13.7 Å². The van der Waals surface area contributed by atoms with Crippen molar-refractivity contribution in [3.8, 4) is 0 Å². The van der Waals surface area contributed by atoms with E-state index in [0.29, 0.717) is 25.5 Å². The number of hydrogen-bond acceptors (Lipinski definition) is 5. The highest BCUT2D eigenvalue weighted by Crippen LogP contribution is 2.09. The number of nitrogens with one attached hydrogen (secondary N) is 1. The van der Waals surface area contributed by atoms with Crippen LogP contribution in [0.1, 0.15) is 22.1 Å². The molecule has 6 nitrogen and oxygen atoms in total. The Morgan fingerprint density at radius 3 is 2.80 bits per heavy atom. The molecule has 1 amide bonds. The van der Waals surface area contributed by atoms with Crippen LogP contribution in [0.4, 0.5) is 4.39 Å². The van der Waals surface area contributed by atoms with E-state index in [1.807, 2.05) is 0 Å². The summed E-state index contributed by atoms with van der Waals surface area (Å²) < 4.78 is 22.8. The lowest BCUT2D eigenvalue weighted by atomic mass is 10.1. The summed E-state index contributed by atoms with van der Waals surface area (Å²) >= 11 is 0. The molecule has 0 unspecified atom stereocenters.